The summed E-state index contributed by atoms with van der Waals surface area (Å²) in [4.78, 5) is 0. The van der Waals surface area contributed by atoms with Gasteiger partial charge in [-0.1, -0.05) is 99.2 Å². The Morgan fingerprint density at radius 3 is 2.07 bits per heavy atom. The highest BCUT2D eigenvalue weighted by molar-refractivity contribution is 6.99. The lowest BCUT2D eigenvalue weighted by Crippen LogP contribution is -2.66. The van der Waals surface area contributed by atoms with Crippen molar-refractivity contribution in [2.75, 3.05) is 19.8 Å². The first kappa shape index (κ1) is 21.8. The van der Waals surface area contributed by atoms with Crippen molar-refractivity contribution >= 4 is 18.7 Å². The molecule has 1 atom stereocenters. The fourth-order valence-corrected chi connectivity index (χ4v) is 8.78. The van der Waals surface area contributed by atoms with Crippen LogP contribution in [0.5, 0.6) is 0 Å². The van der Waals surface area contributed by atoms with Crippen molar-refractivity contribution < 1.29 is 9.16 Å². The number of hydrogen-bond donors (Lipinski definition) is 0. The van der Waals surface area contributed by atoms with E-state index in [1.165, 1.54) is 15.9 Å². The van der Waals surface area contributed by atoms with Crippen LogP contribution in [0, 0.1) is 5.92 Å². The van der Waals surface area contributed by atoms with Gasteiger partial charge < -0.3 is 9.16 Å². The van der Waals surface area contributed by atoms with Gasteiger partial charge in [0.1, 0.15) is 0 Å². The highest BCUT2D eigenvalue weighted by Gasteiger charge is 2.49. The summed E-state index contributed by atoms with van der Waals surface area (Å²) in [7, 11) is -2.40. The molecular weight excluding hydrogens is 372 g/mol. The molecule has 3 rings (SSSR count). The van der Waals surface area contributed by atoms with Gasteiger partial charge in [-0.2, -0.15) is 0 Å². The Morgan fingerprint density at radius 2 is 1.55 bits per heavy atom. The largest absolute Gasteiger partial charge is 0.407 e. The molecule has 0 N–H and O–H groups in total. The van der Waals surface area contributed by atoms with E-state index >= 15 is 0 Å². The molecule has 0 aromatic heterocycles. The Balaban J connectivity index is 1.70. The summed E-state index contributed by atoms with van der Waals surface area (Å²) in [6.45, 7) is 12.9. The second kappa shape index (κ2) is 9.71. The number of ether oxygens (including phenoxy) is 1. The maximum atomic E-state index is 6.95. The van der Waals surface area contributed by atoms with Crippen molar-refractivity contribution in [1.82, 2.24) is 0 Å². The highest BCUT2D eigenvalue weighted by atomic mass is 28.4. The zero-order valence-electron chi connectivity index (χ0n) is 18.1. The Morgan fingerprint density at radius 1 is 0.966 bits per heavy atom. The summed E-state index contributed by atoms with van der Waals surface area (Å²) in [6, 6.07) is 21.7. The first-order valence-electron chi connectivity index (χ1n) is 10.6. The average molecular weight is 407 g/mol. The normalized spacial score (nSPS) is 16.4. The quantitative estimate of drug-likeness (QED) is 0.294. The second-order valence-corrected chi connectivity index (χ2v) is 13.1. The molecule has 0 radical (unpaired) electrons. The Labute approximate surface area is 177 Å². The number of rotatable bonds is 11. The van der Waals surface area contributed by atoms with E-state index in [0.29, 0.717) is 12.5 Å². The highest BCUT2D eigenvalue weighted by Crippen LogP contribution is 2.37. The molecule has 0 saturated heterocycles. The maximum absolute atomic E-state index is 6.95. The van der Waals surface area contributed by atoms with Crippen molar-refractivity contribution in [2.45, 2.75) is 38.7 Å². The van der Waals surface area contributed by atoms with Gasteiger partial charge in [-0.3, -0.25) is 0 Å². The molecule has 0 spiro atoms. The monoisotopic (exact) mass is 406 g/mol. The van der Waals surface area contributed by atoms with Crippen molar-refractivity contribution in [2.24, 2.45) is 5.92 Å². The summed E-state index contributed by atoms with van der Waals surface area (Å²) < 4.78 is 12.5. The Kier molecular flexibility index (Phi) is 7.28. The molecule has 0 saturated carbocycles. The fraction of sp³-hybridized carbons (Fsp3) is 0.385. The molecule has 0 aliphatic heterocycles. The molecule has 2 aromatic carbocycles. The third-order valence-corrected chi connectivity index (χ3v) is 10.7. The minimum atomic E-state index is -2.40. The molecule has 2 nitrogen and oxygen atoms in total. The molecule has 0 bridgehead atoms. The molecule has 0 heterocycles. The molecule has 154 valence electrons. The van der Waals surface area contributed by atoms with Crippen LogP contribution >= 0.6 is 0 Å². The van der Waals surface area contributed by atoms with Gasteiger partial charge in [0.25, 0.3) is 8.32 Å². The number of benzene rings is 2. The van der Waals surface area contributed by atoms with Crippen LogP contribution in [0.25, 0.3) is 0 Å². The van der Waals surface area contributed by atoms with Crippen molar-refractivity contribution in [3.05, 3.63) is 85.0 Å². The fourth-order valence-electron chi connectivity index (χ4n) is 4.18. The third-order valence-electron chi connectivity index (χ3n) is 5.66. The first-order valence-corrected chi connectivity index (χ1v) is 12.5. The van der Waals surface area contributed by atoms with Crippen molar-refractivity contribution in [3.63, 3.8) is 0 Å². The van der Waals surface area contributed by atoms with Crippen molar-refractivity contribution in [1.29, 1.82) is 0 Å². The zero-order chi connectivity index (χ0) is 20.7. The Bertz CT molecular complexity index is 766. The minimum absolute atomic E-state index is 0.0373. The minimum Gasteiger partial charge on any atom is -0.407 e. The molecule has 3 heteroatoms. The van der Waals surface area contributed by atoms with Gasteiger partial charge in [0.15, 0.2) is 0 Å². The van der Waals surface area contributed by atoms with Gasteiger partial charge >= 0.3 is 0 Å². The Hall–Kier alpha value is -1.94. The first-order chi connectivity index (χ1) is 14.0. The lowest BCUT2D eigenvalue weighted by Gasteiger charge is -2.43. The van der Waals surface area contributed by atoms with E-state index in [2.05, 4.69) is 94.1 Å². The average Bonchev–Trinajstić information content (AvgIpc) is 3.47. The summed E-state index contributed by atoms with van der Waals surface area (Å²) in [6.07, 6.45) is 6.28. The number of hydrogen-bond acceptors (Lipinski definition) is 2. The van der Waals surface area contributed by atoms with E-state index in [0.717, 1.165) is 26.1 Å². The van der Waals surface area contributed by atoms with Gasteiger partial charge in [-0.05, 0) is 28.3 Å². The predicted molar refractivity (Wildman–Crippen MR) is 125 cm³/mol. The molecule has 0 fully saturated rings. The summed E-state index contributed by atoms with van der Waals surface area (Å²) >= 11 is 0. The van der Waals surface area contributed by atoms with E-state index < -0.39 is 8.32 Å². The van der Waals surface area contributed by atoms with Crippen LogP contribution in [-0.2, 0) is 9.16 Å². The van der Waals surface area contributed by atoms with Gasteiger partial charge in [0, 0.05) is 12.5 Å². The lowest BCUT2D eigenvalue weighted by atomic mass is 10.2. The summed E-state index contributed by atoms with van der Waals surface area (Å²) in [5.41, 5.74) is 1.51. The SMILES string of the molecule is C=CCOCC1C=C1CCCO[Si](c1ccccc1)(c1ccccc1)C(C)(C)C. The molecule has 1 unspecified atom stereocenters. The van der Waals surface area contributed by atoms with Gasteiger partial charge in [0.05, 0.1) is 13.2 Å². The van der Waals surface area contributed by atoms with Gasteiger partial charge in [-0.25, -0.2) is 0 Å². The predicted octanol–water partition coefficient (Wildman–Crippen LogP) is 5.10. The molecule has 0 amide bonds. The standard InChI is InChI=1S/C26H34O2Si/c1-5-18-27-21-23-20-22(23)13-12-19-28-29(26(2,3)4,24-14-8-6-9-15-24)25-16-10-7-11-17-25/h5-11,14-17,20,23H,1,12-13,18-19,21H2,2-4H3. The summed E-state index contributed by atoms with van der Waals surface area (Å²) in [5.74, 6) is 0.530. The van der Waals surface area contributed by atoms with Crippen LogP contribution in [0.4, 0.5) is 0 Å². The van der Waals surface area contributed by atoms with Crippen LogP contribution in [0.2, 0.25) is 5.04 Å². The molecule has 2 aromatic rings. The molecular formula is C26H34O2Si. The lowest BCUT2D eigenvalue weighted by molar-refractivity contribution is 0.155. The summed E-state index contributed by atoms with van der Waals surface area (Å²) in [5, 5.41) is 2.73. The van der Waals surface area contributed by atoms with Crippen LogP contribution in [0.15, 0.2) is 85.0 Å². The van der Waals surface area contributed by atoms with E-state index in [1.807, 2.05) is 0 Å². The van der Waals surface area contributed by atoms with Crippen LogP contribution in [0.3, 0.4) is 0 Å². The third kappa shape index (κ3) is 5.16. The zero-order valence-corrected chi connectivity index (χ0v) is 19.1. The maximum Gasteiger partial charge on any atom is 0.261 e. The topological polar surface area (TPSA) is 18.5 Å². The second-order valence-electron chi connectivity index (χ2n) is 8.79. The van der Waals surface area contributed by atoms with E-state index in [1.54, 1.807) is 6.08 Å². The van der Waals surface area contributed by atoms with Crippen LogP contribution in [-0.4, -0.2) is 28.1 Å². The van der Waals surface area contributed by atoms with Crippen LogP contribution < -0.4 is 10.4 Å². The van der Waals surface area contributed by atoms with Gasteiger partial charge in [-0.15, -0.1) is 6.58 Å². The van der Waals surface area contributed by atoms with E-state index in [4.69, 9.17) is 9.16 Å². The van der Waals surface area contributed by atoms with E-state index in [-0.39, 0.29) is 5.04 Å². The van der Waals surface area contributed by atoms with Crippen molar-refractivity contribution in [3.8, 4) is 0 Å². The van der Waals surface area contributed by atoms with Crippen LogP contribution in [0.1, 0.15) is 33.6 Å². The smallest absolute Gasteiger partial charge is 0.261 e. The molecule has 1 aliphatic carbocycles. The molecule has 1 aliphatic rings. The molecule has 29 heavy (non-hydrogen) atoms. The van der Waals surface area contributed by atoms with E-state index in [9.17, 15) is 0 Å². The van der Waals surface area contributed by atoms with Gasteiger partial charge in [0.2, 0.25) is 0 Å².